The zero-order valence-corrected chi connectivity index (χ0v) is 13.8. The Bertz CT molecular complexity index is 926. The summed E-state index contributed by atoms with van der Waals surface area (Å²) in [5, 5.41) is 2.95. The summed E-state index contributed by atoms with van der Waals surface area (Å²) in [6, 6.07) is 14.8. The number of hydrogen-bond donors (Lipinski definition) is 0. The van der Waals surface area contributed by atoms with Gasteiger partial charge in [-0.05, 0) is 30.7 Å². The van der Waals surface area contributed by atoms with Gasteiger partial charge in [0.15, 0.2) is 0 Å². The number of imide groups is 1. The standard InChI is InChI=1S/C19H14N2O2S/c1-12-11-24-17(20-12)14-6-4-5-13(9-14)10-21-18(22)15-7-2-3-8-16(15)19(21)23/h2-9,11H,10H2,1H3. The SMILES string of the molecule is Cc1csc(-c2cccc(CN3C(=O)c4ccccc4C3=O)c2)n1. The summed E-state index contributed by atoms with van der Waals surface area (Å²) >= 11 is 1.59. The number of thiazole rings is 1. The lowest BCUT2D eigenvalue weighted by molar-refractivity contribution is 0.0642. The predicted octanol–water partition coefficient (Wildman–Crippen LogP) is 3.91. The topological polar surface area (TPSA) is 50.3 Å². The fourth-order valence-electron chi connectivity index (χ4n) is 2.85. The van der Waals surface area contributed by atoms with Crippen LogP contribution in [0.1, 0.15) is 32.0 Å². The van der Waals surface area contributed by atoms with Crippen molar-refractivity contribution in [3.8, 4) is 10.6 Å². The monoisotopic (exact) mass is 334 g/mol. The van der Waals surface area contributed by atoms with Crippen molar-refractivity contribution in [2.45, 2.75) is 13.5 Å². The number of benzene rings is 2. The third-order valence-corrected chi connectivity index (χ3v) is 5.02. The molecule has 4 rings (SSSR count). The van der Waals surface area contributed by atoms with E-state index in [1.807, 2.05) is 36.6 Å². The second-order valence-electron chi connectivity index (χ2n) is 5.74. The maximum absolute atomic E-state index is 12.5. The molecule has 0 bridgehead atoms. The maximum Gasteiger partial charge on any atom is 0.261 e. The molecule has 0 spiro atoms. The Morgan fingerprint density at radius 3 is 2.33 bits per heavy atom. The van der Waals surface area contributed by atoms with Crippen LogP contribution in [0.25, 0.3) is 10.6 Å². The second kappa shape index (κ2) is 5.69. The third kappa shape index (κ3) is 2.43. The predicted molar refractivity (Wildman–Crippen MR) is 92.9 cm³/mol. The average Bonchev–Trinajstić information content (AvgIpc) is 3.14. The molecule has 118 valence electrons. The van der Waals surface area contributed by atoms with Gasteiger partial charge in [-0.3, -0.25) is 14.5 Å². The van der Waals surface area contributed by atoms with Crippen LogP contribution >= 0.6 is 11.3 Å². The van der Waals surface area contributed by atoms with Crippen LogP contribution in [0.3, 0.4) is 0 Å². The average molecular weight is 334 g/mol. The van der Waals surface area contributed by atoms with Gasteiger partial charge in [0.05, 0.1) is 17.7 Å². The van der Waals surface area contributed by atoms with Crippen molar-refractivity contribution in [3.05, 3.63) is 76.3 Å². The minimum Gasteiger partial charge on any atom is -0.270 e. The van der Waals surface area contributed by atoms with E-state index in [1.165, 1.54) is 4.90 Å². The molecule has 2 amide bonds. The van der Waals surface area contributed by atoms with Gasteiger partial charge in [-0.15, -0.1) is 11.3 Å². The maximum atomic E-state index is 12.5. The molecule has 24 heavy (non-hydrogen) atoms. The summed E-state index contributed by atoms with van der Waals surface area (Å²) in [5.74, 6) is -0.461. The molecule has 0 saturated carbocycles. The van der Waals surface area contributed by atoms with Crippen LogP contribution in [0, 0.1) is 6.92 Å². The van der Waals surface area contributed by atoms with Gasteiger partial charge in [-0.25, -0.2) is 4.98 Å². The van der Waals surface area contributed by atoms with E-state index in [-0.39, 0.29) is 18.4 Å². The van der Waals surface area contributed by atoms with Crippen molar-refractivity contribution in [2.24, 2.45) is 0 Å². The number of nitrogens with zero attached hydrogens (tertiary/aromatic N) is 2. The van der Waals surface area contributed by atoms with Gasteiger partial charge in [0.2, 0.25) is 0 Å². The number of carbonyl (C=O) groups excluding carboxylic acids is 2. The first-order chi connectivity index (χ1) is 11.6. The number of aryl methyl sites for hydroxylation is 1. The van der Waals surface area contributed by atoms with Crippen molar-refractivity contribution in [3.63, 3.8) is 0 Å². The van der Waals surface area contributed by atoms with Crippen LogP contribution in [0.5, 0.6) is 0 Å². The van der Waals surface area contributed by atoms with Gasteiger partial charge in [-0.2, -0.15) is 0 Å². The van der Waals surface area contributed by atoms with Crippen LogP contribution in [0.15, 0.2) is 53.9 Å². The molecule has 0 radical (unpaired) electrons. The lowest BCUT2D eigenvalue weighted by atomic mass is 10.1. The minimum atomic E-state index is -0.230. The van der Waals surface area contributed by atoms with Gasteiger partial charge in [0.1, 0.15) is 5.01 Å². The first-order valence-electron chi connectivity index (χ1n) is 7.60. The highest BCUT2D eigenvalue weighted by Gasteiger charge is 2.34. The second-order valence-corrected chi connectivity index (χ2v) is 6.59. The summed E-state index contributed by atoms with van der Waals surface area (Å²) in [6.45, 7) is 2.23. The van der Waals surface area contributed by atoms with Gasteiger partial charge in [-0.1, -0.05) is 30.3 Å². The molecule has 5 heteroatoms. The van der Waals surface area contributed by atoms with Gasteiger partial charge in [0, 0.05) is 16.6 Å². The van der Waals surface area contributed by atoms with E-state index in [4.69, 9.17) is 0 Å². The summed E-state index contributed by atoms with van der Waals surface area (Å²) in [5.41, 5.74) is 3.86. The number of rotatable bonds is 3. The van der Waals surface area contributed by atoms with Crippen LogP contribution < -0.4 is 0 Å². The van der Waals surface area contributed by atoms with E-state index in [1.54, 1.807) is 35.6 Å². The van der Waals surface area contributed by atoms with Gasteiger partial charge < -0.3 is 0 Å². The number of fused-ring (bicyclic) bond motifs is 1. The van der Waals surface area contributed by atoms with Crippen molar-refractivity contribution in [2.75, 3.05) is 0 Å². The highest BCUT2D eigenvalue weighted by Crippen LogP contribution is 2.27. The van der Waals surface area contributed by atoms with E-state index < -0.39 is 0 Å². The molecule has 1 aromatic heterocycles. The van der Waals surface area contributed by atoms with E-state index in [9.17, 15) is 9.59 Å². The lowest BCUT2D eigenvalue weighted by Crippen LogP contribution is -2.29. The molecule has 0 aliphatic carbocycles. The van der Waals surface area contributed by atoms with Crippen LogP contribution in [0.2, 0.25) is 0 Å². The molecular weight excluding hydrogens is 320 g/mol. The lowest BCUT2D eigenvalue weighted by Gasteiger charge is -2.14. The molecular formula is C19H14N2O2S. The van der Waals surface area contributed by atoms with E-state index >= 15 is 0 Å². The minimum absolute atomic E-state index is 0.230. The number of carbonyl (C=O) groups is 2. The Balaban J connectivity index is 1.63. The smallest absolute Gasteiger partial charge is 0.261 e. The molecule has 2 aromatic carbocycles. The van der Waals surface area contributed by atoms with E-state index in [2.05, 4.69) is 4.98 Å². The summed E-state index contributed by atoms with van der Waals surface area (Å²) in [4.78, 5) is 30.7. The molecule has 0 atom stereocenters. The van der Waals surface area contributed by atoms with E-state index in [0.717, 1.165) is 21.8 Å². The highest BCUT2D eigenvalue weighted by atomic mass is 32.1. The van der Waals surface area contributed by atoms with Crippen LogP contribution in [-0.2, 0) is 6.54 Å². The van der Waals surface area contributed by atoms with Crippen molar-refractivity contribution < 1.29 is 9.59 Å². The van der Waals surface area contributed by atoms with E-state index in [0.29, 0.717) is 11.1 Å². The molecule has 1 aliphatic heterocycles. The Hall–Kier alpha value is -2.79. The summed E-state index contributed by atoms with van der Waals surface area (Å²) in [7, 11) is 0. The Labute approximate surface area is 143 Å². The summed E-state index contributed by atoms with van der Waals surface area (Å²) in [6.07, 6.45) is 0. The number of aromatic nitrogens is 1. The molecule has 2 heterocycles. The number of amides is 2. The zero-order chi connectivity index (χ0) is 16.7. The molecule has 4 nitrogen and oxygen atoms in total. The Morgan fingerprint density at radius 1 is 1.00 bits per heavy atom. The molecule has 0 fully saturated rings. The van der Waals surface area contributed by atoms with Crippen molar-refractivity contribution in [1.29, 1.82) is 0 Å². The molecule has 0 N–H and O–H groups in total. The fraction of sp³-hybridized carbons (Fsp3) is 0.105. The Kier molecular flexibility index (Phi) is 3.50. The zero-order valence-electron chi connectivity index (χ0n) is 13.0. The van der Waals surface area contributed by atoms with Gasteiger partial charge in [0.25, 0.3) is 11.8 Å². The first kappa shape index (κ1) is 14.8. The molecule has 0 saturated heterocycles. The van der Waals surface area contributed by atoms with Gasteiger partial charge >= 0.3 is 0 Å². The van der Waals surface area contributed by atoms with Crippen LogP contribution in [0.4, 0.5) is 0 Å². The normalized spacial score (nSPS) is 13.5. The molecule has 3 aromatic rings. The first-order valence-corrected chi connectivity index (χ1v) is 8.48. The van der Waals surface area contributed by atoms with Crippen molar-refractivity contribution in [1.82, 2.24) is 9.88 Å². The molecule has 0 unspecified atom stereocenters. The summed E-state index contributed by atoms with van der Waals surface area (Å²) < 4.78 is 0. The largest absolute Gasteiger partial charge is 0.270 e. The third-order valence-electron chi connectivity index (χ3n) is 4.01. The van der Waals surface area contributed by atoms with Crippen molar-refractivity contribution >= 4 is 23.2 Å². The Morgan fingerprint density at radius 2 is 1.71 bits per heavy atom. The number of hydrogen-bond acceptors (Lipinski definition) is 4. The highest BCUT2D eigenvalue weighted by molar-refractivity contribution is 7.13. The molecule has 1 aliphatic rings. The quantitative estimate of drug-likeness (QED) is 0.682. The van der Waals surface area contributed by atoms with Crippen LogP contribution in [-0.4, -0.2) is 21.7 Å². The fourth-order valence-corrected chi connectivity index (χ4v) is 3.65.